The zero-order chi connectivity index (χ0) is 19.2. The topological polar surface area (TPSA) is 74.6 Å². The van der Waals surface area contributed by atoms with Crippen LogP contribution in [0.5, 0.6) is 0 Å². The Morgan fingerprint density at radius 2 is 2.15 bits per heavy atom. The highest BCUT2D eigenvalue weighted by atomic mass is 16.2. The molecule has 7 heteroatoms. The Kier molecular flexibility index (Phi) is 6.11. The quantitative estimate of drug-likeness (QED) is 0.624. The molecular formula is C20H28N6O. The molecule has 0 spiro atoms. The predicted molar refractivity (Wildman–Crippen MR) is 107 cm³/mol. The van der Waals surface area contributed by atoms with Gasteiger partial charge in [0.05, 0.1) is 11.4 Å². The number of hydrogen-bond donors (Lipinski definition) is 2. The van der Waals surface area contributed by atoms with Crippen molar-refractivity contribution in [1.29, 1.82) is 0 Å². The highest BCUT2D eigenvalue weighted by Gasteiger charge is 2.25. The summed E-state index contributed by atoms with van der Waals surface area (Å²) in [7, 11) is 1.77. The number of nitrogens with one attached hydrogen (secondary N) is 2. The van der Waals surface area contributed by atoms with Crippen molar-refractivity contribution in [1.82, 2.24) is 25.3 Å². The molecule has 1 aliphatic heterocycles. The highest BCUT2D eigenvalue weighted by Crippen LogP contribution is 2.14. The second-order valence-electron chi connectivity index (χ2n) is 6.78. The van der Waals surface area contributed by atoms with Gasteiger partial charge in [-0.15, -0.1) is 0 Å². The van der Waals surface area contributed by atoms with E-state index < -0.39 is 0 Å². The Morgan fingerprint density at radius 3 is 2.85 bits per heavy atom. The van der Waals surface area contributed by atoms with Crippen molar-refractivity contribution < 1.29 is 4.79 Å². The molecule has 0 bridgehead atoms. The molecule has 3 rings (SSSR count). The number of aryl methyl sites for hydroxylation is 1. The molecule has 1 unspecified atom stereocenters. The number of carbonyl (C=O) groups excluding carboxylic acids is 1. The summed E-state index contributed by atoms with van der Waals surface area (Å²) in [5.41, 5.74) is 3.18. The largest absolute Gasteiger partial charge is 0.352 e. The Morgan fingerprint density at radius 1 is 1.33 bits per heavy atom. The van der Waals surface area contributed by atoms with Crippen LogP contribution in [0.4, 0.5) is 0 Å². The molecular weight excluding hydrogens is 340 g/mol. The number of rotatable bonds is 5. The first kappa shape index (κ1) is 18.9. The van der Waals surface area contributed by atoms with Crippen molar-refractivity contribution in [3.8, 4) is 5.69 Å². The van der Waals surface area contributed by atoms with Crippen LogP contribution < -0.4 is 10.6 Å². The summed E-state index contributed by atoms with van der Waals surface area (Å²) in [5.74, 6) is 0.961. The van der Waals surface area contributed by atoms with Crippen LogP contribution in [0.1, 0.15) is 31.0 Å². The lowest BCUT2D eigenvalue weighted by Crippen LogP contribution is -2.44. The lowest BCUT2D eigenvalue weighted by Gasteiger charge is -2.19. The van der Waals surface area contributed by atoms with Gasteiger partial charge in [0.1, 0.15) is 0 Å². The SMILES string of the molecule is CCC(=O)N1CCC(NC(=NC)NCc2ccccc2-n2ccc(C)n2)C1. The van der Waals surface area contributed by atoms with Gasteiger partial charge < -0.3 is 15.5 Å². The Hall–Kier alpha value is -2.83. The number of nitrogens with zero attached hydrogens (tertiary/aromatic N) is 4. The van der Waals surface area contributed by atoms with Crippen molar-refractivity contribution in [3.05, 3.63) is 47.8 Å². The van der Waals surface area contributed by atoms with Crippen LogP contribution in [-0.2, 0) is 11.3 Å². The number of aliphatic imine (C=N–C) groups is 1. The van der Waals surface area contributed by atoms with E-state index in [9.17, 15) is 4.79 Å². The summed E-state index contributed by atoms with van der Waals surface area (Å²) >= 11 is 0. The van der Waals surface area contributed by atoms with Gasteiger partial charge in [-0.1, -0.05) is 25.1 Å². The van der Waals surface area contributed by atoms with Gasteiger partial charge >= 0.3 is 0 Å². The Balaban J connectivity index is 1.60. The minimum Gasteiger partial charge on any atom is -0.352 e. The van der Waals surface area contributed by atoms with Crippen molar-refractivity contribution in [2.24, 2.45) is 4.99 Å². The number of hydrogen-bond acceptors (Lipinski definition) is 3. The first-order valence-electron chi connectivity index (χ1n) is 9.46. The molecule has 1 saturated heterocycles. The molecule has 2 heterocycles. The first-order valence-corrected chi connectivity index (χ1v) is 9.46. The van der Waals surface area contributed by atoms with Crippen molar-refractivity contribution in [2.75, 3.05) is 20.1 Å². The van der Waals surface area contributed by atoms with E-state index in [1.165, 1.54) is 0 Å². The van der Waals surface area contributed by atoms with Gasteiger partial charge in [-0.05, 0) is 31.0 Å². The van der Waals surface area contributed by atoms with Gasteiger partial charge in [-0.25, -0.2) is 4.68 Å². The Bertz CT molecular complexity index is 812. The van der Waals surface area contributed by atoms with Crippen LogP contribution in [0.15, 0.2) is 41.5 Å². The molecule has 1 fully saturated rings. The predicted octanol–water partition coefficient (Wildman–Crippen LogP) is 1.86. The minimum absolute atomic E-state index is 0.214. The normalized spacial score (nSPS) is 17.2. The van der Waals surface area contributed by atoms with Crippen LogP contribution in [0.2, 0.25) is 0 Å². The number of benzene rings is 1. The van der Waals surface area contributed by atoms with E-state index in [1.54, 1.807) is 7.05 Å². The van der Waals surface area contributed by atoms with Crippen LogP contribution in [0.25, 0.3) is 5.69 Å². The fourth-order valence-corrected chi connectivity index (χ4v) is 3.33. The molecule has 1 aromatic carbocycles. The zero-order valence-corrected chi connectivity index (χ0v) is 16.3. The maximum atomic E-state index is 11.8. The summed E-state index contributed by atoms with van der Waals surface area (Å²) in [6.07, 6.45) is 3.47. The van der Waals surface area contributed by atoms with E-state index >= 15 is 0 Å². The third-order valence-corrected chi connectivity index (χ3v) is 4.81. The van der Waals surface area contributed by atoms with Gasteiger partial charge in [-0.2, -0.15) is 5.10 Å². The van der Waals surface area contributed by atoms with Crippen LogP contribution >= 0.6 is 0 Å². The maximum Gasteiger partial charge on any atom is 0.222 e. The van der Waals surface area contributed by atoms with Gasteiger partial charge in [0, 0.05) is 45.3 Å². The van der Waals surface area contributed by atoms with E-state index in [0.717, 1.165) is 42.4 Å². The van der Waals surface area contributed by atoms with Gasteiger partial charge in [0.2, 0.25) is 5.91 Å². The van der Waals surface area contributed by atoms with E-state index in [2.05, 4.69) is 32.9 Å². The average Bonchev–Trinajstić information content (AvgIpc) is 3.33. The molecule has 1 atom stereocenters. The van der Waals surface area contributed by atoms with E-state index in [-0.39, 0.29) is 11.9 Å². The molecule has 1 amide bonds. The molecule has 1 aliphatic rings. The molecule has 1 aromatic heterocycles. The van der Waals surface area contributed by atoms with Gasteiger partial charge in [-0.3, -0.25) is 9.79 Å². The lowest BCUT2D eigenvalue weighted by atomic mass is 10.2. The number of para-hydroxylation sites is 1. The van der Waals surface area contributed by atoms with E-state index in [1.807, 2.05) is 47.8 Å². The van der Waals surface area contributed by atoms with Gasteiger partial charge in [0.15, 0.2) is 5.96 Å². The number of guanidine groups is 1. The highest BCUT2D eigenvalue weighted by molar-refractivity contribution is 5.80. The molecule has 2 aromatic rings. The number of carbonyl (C=O) groups is 1. The molecule has 7 nitrogen and oxygen atoms in total. The molecule has 27 heavy (non-hydrogen) atoms. The summed E-state index contributed by atoms with van der Waals surface area (Å²) in [6, 6.07) is 10.4. The lowest BCUT2D eigenvalue weighted by molar-refractivity contribution is -0.129. The molecule has 0 aliphatic carbocycles. The van der Waals surface area contributed by atoms with Crippen LogP contribution in [0.3, 0.4) is 0 Å². The standard InChI is InChI=1S/C20H28N6O/c1-4-19(27)25-11-10-17(14-25)23-20(21-3)22-13-16-7-5-6-8-18(16)26-12-9-15(2)24-26/h5-9,12,17H,4,10-11,13-14H2,1-3H3,(H2,21,22,23). The fraction of sp³-hybridized carbons (Fsp3) is 0.450. The zero-order valence-electron chi connectivity index (χ0n) is 16.3. The Labute approximate surface area is 160 Å². The second kappa shape index (κ2) is 8.70. The molecule has 2 N–H and O–H groups in total. The first-order chi connectivity index (χ1) is 13.1. The van der Waals surface area contributed by atoms with Crippen molar-refractivity contribution >= 4 is 11.9 Å². The molecule has 0 radical (unpaired) electrons. The monoisotopic (exact) mass is 368 g/mol. The van der Waals surface area contributed by atoms with E-state index in [0.29, 0.717) is 13.0 Å². The molecule has 0 saturated carbocycles. The summed E-state index contributed by atoms with van der Waals surface area (Å²) in [4.78, 5) is 18.1. The third kappa shape index (κ3) is 4.67. The minimum atomic E-state index is 0.214. The van der Waals surface area contributed by atoms with Gasteiger partial charge in [0.25, 0.3) is 0 Å². The third-order valence-electron chi connectivity index (χ3n) is 4.81. The second-order valence-corrected chi connectivity index (χ2v) is 6.78. The summed E-state index contributed by atoms with van der Waals surface area (Å²) < 4.78 is 1.90. The maximum absolute atomic E-state index is 11.8. The number of likely N-dealkylation sites (tertiary alicyclic amines) is 1. The van der Waals surface area contributed by atoms with Crippen LogP contribution in [0, 0.1) is 6.92 Å². The number of aromatic nitrogens is 2. The summed E-state index contributed by atoms with van der Waals surface area (Å²) in [6.45, 7) is 6.07. The van der Waals surface area contributed by atoms with E-state index in [4.69, 9.17) is 0 Å². The van der Waals surface area contributed by atoms with Crippen molar-refractivity contribution in [2.45, 2.75) is 39.3 Å². The average molecular weight is 368 g/mol. The smallest absolute Gasteiger partial charge is 0.222 e. The summed E-state index contributed by atoms with van der Waals surface area (Å²) in [5, 5.41) is 11.3. The molecule has 144 valence electrons. The fourth-order valence-electron chi connectivity index (χ4n) is 3.33. The van der Waals surface area contributed by atoms with Crippen LogP contribution in [-0.4, -0.2) is 52.7 Å². The van der Waals surface area contributed by atoms with Crippen molar-refractivity contribution in [3.63, 3.8) is 0 Å². The number of amides is 1.